The fraction of sp³-hybridized carbons (Fsp3) is 0.562. The van der Waals surface area contributed by atoms with Gasteiger partial charge in [-0.25, -0.2) is 8.42 Å². The summed E-state index contributed by atoms with van der Waals surface area (Å²) in [5, 5.41) is 0. The van der Waals surface area contributed by atoms with Crippen LogP contribution in [0.5, 0.6) is 0 Å². The lowest BCUT2D eigenvalue weighted by Crippen LogP contribution is -2.44. The Hall–Kier alpha value is -1.60. The van der Waals surface area contributed by atoms with Gasteiger partial charge in [0.1, 0.15) is 0 Å². The van der Waals surface area contributed by atoms with Crippen LogP contribution in [-0.4, -0.2) is 57.3 Å². The number of morpholine rings is 1. The zero-order valence-corrected chi connectivity index (χ0v) is 14.5. The average Bonchev–Trinajstić information content (AvgIpc) is 2.81. The summed E-state index contributed by atoms with van der Waals surface area (Å²) in [4.78, 5) is 14.4. The lowest BCUT2D eigenvalue weighted by molar-refractivity contribution is -0.0124. The molecular formula is C16H22N2O4S. The van der Waals surface area contributed by atoms with Crippen molar-refractivity contribution < 1.29 is 17.9 Å². The number of rotatable bonds is 2. The predicted octanol–water partition coefficient (Wildman–Crippen LogP) is 1.26. The summed E-state index contributed by atoms with van der Waals surface area (Å²) in [6.45, 7) is 5.56. The molecule has 2 atom stereocenters. The zero-order chi connectivity index (χ0) is 16.8. The van der Waals surface area contributed by atoms with Crippen LogP contribution in [0.1, 0.15) is 29.8 Å². The molecule has 0 aromatic heterocycles. The average molecular weight is 338 g/mol. The number of benzene rings is 1. The lowest BCUT2D eigenvalue weighted by Gasteiger charge is -2.31. The van der Waals surface area contributed by atoms with Crippen LogP contribution in [0.15, 0.2) is 18.2 Å². The number of nitrogens with zero attached hydrogens (tertiary/aromatic N) is 2. The van der Waals surface area contributed by atoms with Gasteiger partial charge in [-0.2, -0.15) is 0 Å². The highest BCUT2D eigenvalue weighted by Gasteiger charge is 2.33. The van der Waals surface area contributed by atoms with E-state index in [0.717, 1.165) is 5.56 Å². The highest BCUT2D eigenvalue weighted by atomic mass is 32.2. The summed E-state index contributed by atoms with van der Waals surface area (Å²) < 4.78 is 30.8. The van der Waals surface area contributed by atoms with Gasteiger partial charge in [-0.3, -0.25) is 9.10 Å². The molecule has 23 heavy (non-hydrogen) atoms. The van der Waals surface area contributed by atoms with E-state index in [9.17, 15) is 13.2 Å². The molecule has 0 bridgehead atoms. The summed E-state index contributed by atoms with van der Waals surface area (Å²) in [5.74, 6) is -0.0200. The number of carbonyl (C=O) groups excluding carboxylic acids is 1. The Labute approximate surface area is 137 Å². The van der Waals surface area contributed by atoms with E-state index in [-0.39, 0.29) is 18.1 Å². The van der Waals surface area contributed by atoms with E-state index in [0.29, 0.717) is 37.4 Å². The van der Waals surface area contributed by atoms with E-state index in [1.807, 2.05) is 19.9 Å². The maximum Gasteiger partial charge on any atom is 0.254 e. The molecule has 3 rings (SSSR count). The van der Waals surface area contributed by atoms with Crippen molar-refractivity contribution in [1.82, 2.24) is 4.90 Å². The quantitative estimate of drug-likeness (QED) is 0.814. The second kappa shape index (κ2) is 5.79. The van der Waals surface area contributed by atoms with Crippen molar-refractivity contribution in [2.24, 2.45) is 0 Å². The van der Waals surface area contributed by atoms with Crippen LogP contribution in [0.4, 0.5) is 5.69 Å². The molecule has 0 saturated carbocycles. The van der Waals surface area contributed by atoms with Crippen molar-refractivity contribution >= 4 is 21.6 Å². The maximum atomic E-state index is 12.6. The highest BCUT2D eigenvalue weighted by molar-refractivity contribution is 7.92. The maximum absolute atomic E-state index is 12.6. The number of hydrogen-bond acceptors (Lipinski definition) is 4. The summed E-state index contributed by atoms with van der Waals surface area (Å²) in [6, 6.07) is 5.18. The van der Waals surface area contributed by atoms with Gasteiger partial charge in [0.25, 0.3) is 5.91 Å². The second-order valence-corrected chi connectivity index (χ2v) is 8.25. The molecule has 6 nitrogen and oxygen atoms in total. The third-order valence-electron chi connectivity index (χ3n) is 4.37. The minimum absolute atomic E-state index is 0.0200. The van der Waals surface area contributed by atoms with Crippen molar-refractivity contribution in [2.45, 2.75) is 32.4 Å². The lowest BCUT2D eigenvalue weighted by atomic mass is 10.1. The molecule has 2 aliphatic rings. The van der Waals surface area contributed by atoms with Crippen molar-refractivity contribution in [3.05, 3.63) is 29.3 Å². The molecule has 0 radical (unpaired) electrons. The highest BCUT2D eigenvalue weighted by Crippen LogP contribution is 2.35. The van der Waals surface area contributed by atoms with Crippen molar-refractivity contribution in [2.75, 3.05) is 30.3 Å². The van der Waals surface area contributed by atoms with Crippen LogP contribution in [-0.2, 0) is 21.2 Å². The third-order valence-corrected chi connectivity index (χ3v) is 5.64. The van der Waals surface area contributed by atoms with Gasteiger partial charge in [-0.15, -0.1) is 0 Å². The molecule has 7 heteroatoms. The number of anilines is 1. The molecular weight excluding hydrogens is 316 g/mol. The van der Waals surface area contributed by atoms with E-state index in [2.05, 4.69) is 0 Å². The first-order valence-electron chi connectivity index (χ1n) is 7.80. The fourth-order valence-electron chi connectivity index (χ4n) is 3.43. The molecule has 1 amide bonds. The molecule has 1 saturated heterocycles. The van der Waals surface area contributed by atoms with Crippen LogP contribution in [0.25, 0.3) is 0 Å². The first-order chi connectivity index (χ1) is 10.8. The molecule has 2 heterocycles. The van der Waals surface area contributed by atoms with Crippen molar-refractivity contribution in [1.29, 1.82) is 0 Å². The van der Waals surface area contributed by atoms with E-state index >= 15 is 0 Å². The smallest absolute Gasteiger partial charge is 0.254 e. The fourth-order valence-corrected chi connectivity index (χ4v) is 4.69. The van der Waals surface area contributed by atoms with Gasteiger partial charge < -0.3 is 9.64 Å². The minimum Gasteiger partial charge on any atom is -0.375 e. The standard InChI is InChI=1S/C16H22N2O4S/c1-11-8-14-9-13(4-5-15(14)18(11)23(3,20)21)16(19)17-6-7-22-12(2)10-17/h4-5,9,11-12H,6-8,10H2,1-3H3. The zero-order valence-electron chi connectivity index (χ0n) is 13.7. The van der Waals surface area contributed by atoms with Gasteiger partial charge in [-0.1, -0.05) is 0 Å². The number of amides is 1. The Morgan fingerprint density at radius 2 is 2.04 bits per heavy atom. The molecule has 0 aliphatic carbocycles. The van der Waals surface area contributed by atoms with Crippen molar-refractivity contribution in [3.63, 3.8) is 0 Å². The van der Waals surface area contributed by atoms with Gasteiger partial charge >= 0.3 is 0 Å². The number of ether oxygens (including phenoxy) is 1. The molecule has 1 aromatic rings. The van der Waals surface area contributed by atoms with E-state index < -0.39 is 10.0 Å². The summed E-state index contributed by atoms with van der Waals surface area (Å²) in [6.07, 6.45) is 1.89. The number of fused-ring (bicyclic) bond motifs is 1. The summed E-state index contributed by atoms with van der Waals surface area (Å²) in [7, 11) is -3.30. The van der Waals surface area contributed by atoms with E-state index in [4.69, 9.17) is 4.74 Å². The normalized spacial score (nSPS) is 24.7. The molecule has 126 valence electrons. The van der Waals surface area contributed by atoms with Gasteiger partial charge in [0.2, 0.25) is 10.0 Å². The van der Waals surface area contributed by atoms with E-state index in [1.165, 1.54) is 10.6 Å². The Balaban J connectivity index is 1.88. The monoisotopic (exact) mass is 338 g/mol. The molecule has 0 spiro atoms. The van der Waals surface area contributed by atoms with Gasteiger partial charge in [0.15, 0.2) is 0 Å². The van der Waals surface area contributed by atoms with Crippen LogP contribution in [0, 0.1) is 0 Å². The van der Waals surface area contributed by atoms with Crippen LogP contribution in [0.2, 0.25) is 0 Å². The van der Waals surface area contributed by atoms with Gasteiger partial charge in [0, 0.05) is 24.7 Å². The predicted molar refractivity (Wildman–Crippen MR) is 88.2 cm³/mol. The molecule has 2 unspecified atom stereocenters. The molecule has 2 aliphatic heterocycles. The second-order valence-electron chi connectivity index (χ2n) is 6.39. The Morgan fingerprint density at radius 1 is 1.30 bits per heavy atom. The van der Waals surface area contributed by atoms with Gasteiger partial charge in [-0.05, 0) is 44.0 Å². The van der Waals surface area contributed by atoms with Crippen molar-refractivity contribution in [3.8, 4) is 0 Å². The van der Waals surface area contributed by atoms with Crippen LogP contribution < -0.4 is 4.31 Å². The SMILES string of the molecule is CC1CN(C(=O)c2ccc3c(c2)CC(C)N3S(C)(=O)=O)CCO1. The summed E-state index contributed by atoms with van der Waals surface area (Å²) in [5.41, 5.74) is 2.21. The molecule has 1 aromatic carbocycles. The first kappa shape index (κ1) is 16.3. The topological polar surface area (TPSA) is 66.9 Å². The van der Waals surface area contributed by atoms with Crippen LogP contribution >= 0.6 is 0 Å². The number of hydrogen-bond donors (Lipinski definition) is 0. The van der Waals surface area contributed by atoms with E-state index in [1.54, 1.807) is 17.0 Å². The van der Waals surface area contributed by atoms with Crippen LogP contribution in [0.3, 0.4) is 0 Å². The third kappa shape index (κ3) is 3.07. The number of sulfonamides is 1. The first-order valence-corrected chi connectivity index (χ1v) is 9.65. The summed E-state index contributed by atoms with van der Waals surface area (Å²) >= 11 is 0. The van der Waals surface area contributed by atoms with Gasteiger partial charge in [0.05, 0.1) is 24.7 Å². The molecule has 1 fully saturated rings. The Morgan fingerprint density at radius 3 is 2.70 bits per heavy atom. The largest absolute Gasteiger partial charge is 0.375 e. The Kier molecular flexibility index (Phi) is 4.10. The minimum atomic E-state index is -3.30. The Bertz CT molecular complexity index is 732. The number of carbonyl (C=O) groups is 1. The molecule has 0 N–H and O–H groups in total.